The first-order valence-electron chi connectivity index (χ1n) is 9.66. The second-order valence-corrected chi connectivity index (χ2v) is 7.97. The van der Waals surface area contributed by atoms with Crippen molar-refractivity contribution in [1.82, 2.24) is 25.0 Å². The van der Waals surface area contributed by atoms with Gasteiger partial charge in [-0.25, -0.2) is 9.67 Å². The van der Waals surface area contributed by atoms with Crippen LogP contribution in [0.3, 0.4) is 0 Å². The zero-order valence-corrected chi connectivity index (χ0v) is 17.6. The Balaban J connectivity index is 1.53. The van der Waals surface area contributed by atoms with Crippen LogP contribution in [0.2, 0.25) is 0 Å². The molecule has 0 bridgehead atoms. The van der Waals surface area contributed by atoms with Crippen LogP contribution >= 0.6 is 11.8 Å². The van der Waals surface area contributed by atoms with Gasteiger partial charge >= 0.3 is 0 Å². The average Bonchev–Trinajstić information content (AvgIpc) is 3.41. The summed E-state index contributed by atoms with van der Waals surface area (Å²) in [5.41, 5.74) is 2.65. The number of carbonyl (C=O) groups is 1. The van der Waals surface area contributed by atoms with Crippen LogP contribution in [0.25, 0.3) is 16.9 Å². The van der Waals surface area contributed by atoms with Crippen LogP contribution in [0.15, 0.2) is 71.9 Å². The van der Waals surface area contributed by atoms with Crippen LogP contribution in [0.4, 0.5) is 5.82 Å². The molecule has 0 aliphatic carbocycles. The van der Waals surface area contributed by atoms with E-state index < -0.39 is 0 Å². The van der Waals surface area contributed by atoms with Crippen LogP contribution in [0.5, 0.6) is 0 Å². The third-order valence-corrected chi connectivity index (χ3v) is 5.26. The fraction of sp³-hybridized carbons (Fsp3) is 0.182. The smallest absolute Gasteiger partial charge is 0.236 e. The molecular formula is C22H22N6OS. The van der Waals surface area contributed by atoms with Gasteiger partial charge in [0.1, 0.15) is 11.6 Å². The topological polar surface area (TPSA) is 88.5 Å². The molecule has 0 aliphatic rings. The average molecular weight is 419 g/mol. The molecule has 2 aromatic heterocycles. The van der Waals surface area contributed by atoms with Crippen LogP contribution in [-0.4, -0.2) is 36.6 Å². The number of benzene rings is 2. The fourth-order valence-electron chi connectivity index (χ4n) is 2.88. The molecular weight excluding hydrogens is 396 g/mol. The number of nitrogens with zero attached hydrogens (tertiary/aromatic N) is 4. The second-order valence-electron chi connectivity index (χ2n) is 7.02. The van der Waals surface area contributed by atoms with E-state index in [1.54, 1.807) is 4.68 Å². The molecule has 0 unspecified atom stereocenters. The largest absolute Gasteiger partial charge is 0.310 e. The summed E-state index contributed by atoms with van der Waals surface area (Å²) in [7, 11) is 0. The lowest BCUT2D eigenvalue weighted by molar-refractivity contribution is -0.113. The van der Waals surface area contributed by atoms with Gasteiger partial charge in [-0.15, -0.1) is 5.10 Å². The van der Waals surface area contributed by atoms with E-state index in [1.165, 1.54) is 11.8 Å². The number of hydrogen-bond acceptors (Lipinski definition) is 5. The van der Waals surface area contributed by atoms with Gasteiger partial charge in [-0.2, -0.15) is 5.10 Å². The Labute approximate surface area is 178 Å². The maximum atomic E-state index is 12.6. The fourth-order valence-corrected chi connectivity index (χ4v) is 3.48. The maximum absolute atomic E-state index is 12.6. The highest BCUT2D eigenvalue weighted by molar-refractivity contribution is 7.99. The Kier molecular flexibility index (Phi) is 5.94. The molecule has 0 fully saturated rings. The van der Waals surface area contributed by atoms with Crippen molar-refractivity contribution in [3.63, 3.8) is 0 Å². The predicted molar refractivity (Wildman–Crippen MR) is 119 cm³/mol. The number of H-pyrrole nitrogens is 1. The minimum atomic E-state index is -0.146. The molecule has 4 aromatic rings. The van der Waals surface area contributed by atoms with Gasteiger partial charge in [-0.1, -0.05) is 74.1 Å². The lowest BCUT2D eigenvalue weighted by Gasteiger charge is -2.08. The van der Waals surface area contributed by atoms with Crippen LogP contribution in [-0.2, 0) is 4.79 Å². The molecule has 7 nitrogen and oxygen atoms in total. The normalized spacial score (nSPS) is 11.0. The number of thioether (sulfide) groups is 1. The van der Waals surface area contributed by atoms with Crippen LogP contribution < -0.4 is 5.32 Å². The summed E-state index contributed by atoms with van der Waals surface area (Å²) >= 11 is 1.30. The van der Waals surface area contributed by atoms with E-state index in [1.807, 2.05) is 80.6 Å². The van der Waals surface area contributed by atoms with E-state index in [4.69, 9.17) is 5.10 Å². The predicted octanol–water partition coefficient (Wildman–Crippen LogP) is 4.51. The van der Waals surface area contributed by atoms with E-state index in [-0.39, 0.29) is 17.6 Å². The Morgan fingerprint density at radius 1 is 1.10 bits per heavy atom. The Hall–Kier alpha value is -3.39. The van der Waals surface area contributed by atoms with Gasteiger partial charge < -0.3 is 5.32 Å². The molecule has 8 heteroatoms. The Bertz CT molecular complexity index is 1120. The van der Waals surface area contributed by atoms with Gasteiger partial charge in [-0.3, -0.25) is 9.89 Å². The molecule has 1 amide bonds. The molecule has 0 spiro atoms. The van der Waals surface area contributed by atoms with Gasteiger partial charge in [0.2, 0.25) is 11.1 Å². The first kappa shape index (κ1) is 19.9. The van der Waals surface area contributed by atoms with Gasteiger partial charge in [0.15, 0.2) is 0 Å². The highest BCUT2D eigenvalue weighted by Gasteiger charge is 2.15. The monoisotopic (exact) mass is 418 g/mol. The minimum Gasteiger partial charge on any atom is -0.310 e. The molecule has 152 valence electrons. The highest BCUT2D eigenvalue weighted by atomic mass is 32.2. The van der Waals surface area contributed by atoms with Crippen molar-refractivity contribution >= 4 is 23.5 Å². The van der Waals surface area contributed by atoms with Gasteiger partial charge in [0.25, 0.3) is 0 Å². The van der Waals surface area contributed by atoms with Crippen LogP contribution in [0, 0.1) is 0 Å². The van der Waals surface area contributed by atoms with E-state index >= 15 is 0 Å². The van der Waals surface area contributed by atoms with Gasteiger partial charge in [0, 0.05) is 17.5 Å². The molecule has 2 heterocycles. The van der Waals surface area contributed by atoms with Gasteiger partial charge in [0.05, 0.1) is 17.1 Å². The Morgan fingerprint density at radius 3 is 2.47 bits per heavy atom. The number of rotatable bonds is 7. The lowest BCUT2D eigenvalue weighted by atomic mass is 10.2. The molecule has 4 rings (SSSR count). The highest BCUT2D eigenvalue weighted by Crippen LogP contribution is 2.25. The minimum absolute atomic E-state index is 0.146. The number of nitrogens with one attached hydrogen (secondary N) is 2. The maximum Gasteiger partial charge on any atom is 0.236 e. The zero-order valence-electron chi connectivity index (χ0n) is 16.7. The standard InChI is InChI=1S/C22H22N6OS/c1-15(2)21-24-22(26-25-21)30-14-20(29)23-19-13-18(16-9-5-3-6-10-16)27-28(19)17-11-7-4-8-12-17/h3-13,15H,14H2,1-2H3,(H,23,29)(H,24,25,26). The number of carbonyl (C=O) groups excluding carboxylic acids is 1. The summed E-state index contributed by atoms with van der Waals surface area (Å²) in [5.74, 6) is 1.75. The Morgan fingerprint density at radius 2 is 1.80 bits per heavy atom. The number of aromatic amines is 1. The number of aromatic nitrogens is 5. The molecule has 0 radical (unpaired) electrons. The van der Waals surface area contributed by atoms with Crippen molar-refractivity contribution in [2.45, 2.75) is 24.9 Å². The van der Waals surface area contributed by atoms with E-state index in [9.17, 15) is 4.79 Å². The molecule has 2 aromatic carbocycles. The quantitative estimate of drug-likeness (QED) is 0.431. The van der Waals surface area contributed by atoms with Crippen molar-refractivity contribution in [3.8, 4) is 16.9 Å². The van der Waals surface area contributed by atoms with Crippen molar-refractivity contribution in [1.29, 1.82) is 0 Å². The van der Waals surface area contributed by atoms with Crippen LogP contribution in [0.1, 0.15) is 25.6 Å². The van der Waals surface area contributed by atoms with Crippen molar-refractivity contribution < 1.29 is 4.79 Å². The number of amides is 1. The SMILES string of the molecule is CC(C)c1nc(SCC(=O)Nc2cc(-c3ccccc3)nn2-c2ccccc2)n[nH]1. The number of hydrogen-bond donors (Lipinski definition) is 2. The van der Waals surface area contributed by atoms with Crippen molar-refractivity contribution in [2.75, 3.05) is 11.1 Å². The zero-order chi connectivity index (χ0) is 20.9. The first-order valence-corrected chi connectivity index (χ1v) is 10.6. The third kappa shape index (κ3) is 4.60. The van der Waals surface area contributed by atoms with E-state index in [2.05, 4.69) is 20.5 Å². The van der Waals surface area contributed by atoms with E-state index in [0.29, 0.717) is 11.0 Å². The summed E-state index contributed by atoms with van der Waals surface area (Å²) in [4.78, 5) is 17.0. The van der Waals surface area contributed by atoms with Crippen molar-refractivity contribution in [3.05, 3.63) is 72.6 Å². The molecule has 0 saturated heterocycles. The molecule has 2 N–H and O–H groups in total. The van der Waals surface area contributed by atoms with Crippen molar-refractivity contribution in [2.24, 2.45) is 0 Å². The third-order valence-electron chi connectivity index (χ3n) is 4.41. The summed E-state index contributed by atoms with van der Waals surface area (Å²) < 4.78 is 1.74. The summed E-state index contributed by atoms with van der Waals surface area (Å²) in [6.45, 7) is 4.08. The lowest BCUT2D eigenvalue weighted by Crippen LogP contribution is -2.17. The number of anilines is 1. The summed E-state index contributed by atoms with van der Waals surface area (Å²) in [5, 5.41) is 15.3. The van der Waals surface area contributed by atoms with E-state index in [0.717, 1.165) is 22.8 Å². The molecule has 0 atom stereocenters. The molecule has 30 heavy (non-hydrogen) atoms. The summed E-state index contributed by atoms with van der Waals surface area (Å²) in [6, 6.07) is 21.5. The van der Waals surface area contributed by atoms with Gasteiger partial charge in [-0.05, 0) is 12.1 Å². The molecule has 0 saturated carbocycles. The first-order chi connectivity index (χ1) is 14.6. The summed E-state index contributed by atoms with van der Waals surface area (Å²) in [6.07, 6.45) is 0. The second kappa shape index (κ2) is 8.96. The number of para-hydroxylation sites is 1. The molecule has 0 aliphatic heterocycles.